The highest BCUT2D eigenvalue weighted by molar-refractivity contribution is 6.30. The lowest BCUT2D eigenvalue weighted by atomic mass is 9.79. The first kappa shape index (κ1) is 8.70. The molecule has 1 nitrogen and oxygen atoms in total. The first-order chi connectivity index (χ1) is 6.16. The number of benzene rings is 1. The van der Waals surface area contributed by atoms with E-state index in [1.54, 1.807) is 12.1 Å². The summed E-state index contributed by atoms with van der Waals surface area (Å²) in [5, 5.41) is 0.136. The number of ketones is 1. The molecule has 68 valence electrons. The molecule has 0 radical (unpaired) electrons. The third-order valence-corrected chi connectivity index (χ3v) is 2.65. The van der Waals surface area contributed by atoms with Crippen LogP contribution in [0.3, 0.4) is 0 Å². The molecule has 0 aliphatic heterocycles. The lowest BCUT2D eigenvalue weighted by Crippen LogP contribution is -2.21. The molecular formula is C10H8ClFO. The molecule has 1 aromatic rings. The second kappa shape index (κ2) is 3.11. The Morgan fingerprint density at radius 2 is 2.08 bits per heavy atom. The van der Waals surface area contributed by atoms with Gasteiger partial charge in [-0.3, -0.25) is 4.79 Å². The molecule has 1 aromatic carbocycles. The first-order valence-corrected chi connectivity index (χ1v) is 4.51. The van der Waals surface area contributed by atoms with Crippen molar-refractivity contribution >= 4 is 17.4 Å². The van der Waals surface area contributed by atoms with Crippen molar-refractivity contribution in [3.63, 3.8) is 0 Å². The predicted molar refractivity (Wildman–Crippen MR) is 48.4 cm³/mol. The Morgan fingerprint density at radius 3 is 2.62 bits per heavy atom. The van der Waals surface area contributed by atoms with Crippen LogP contribution in [-0.2, 0) is 4.79 Å². The number of carbonyl (C=O) groups excluding carboxylic acids is 1. The quantitative estimate of drug-likeness (QED) is 0.678. The summed E-state index contributed by atoms with van der Waals surface area (Å²) in [7, 11) is 0. The summed E-state index contributed by atoms with van der Waals surface area (Å²) >= 11 is 5.62. The van der Waals surface area contributed by atoms with Crippen LogP contribution >= 0.6 is 11.6 Å². The van der Waals surface area contributed by atoms with E-state index in [1.165, 1.54) is 6.07 Å². The van der Waals surface area contributed by atoms with Crippen LogP contribution < -0.4 is 0 Å². The van der Waals surface area contributed by atoms with Crippen LogP contribution in [0.5, 0.6) is 0 Å². The van der Waals surface area contributed by atoms with Crippen LogP contribution in [-0.4, -0.2) is 5.78 Å². The average Bonchev–Trinajstić information content (AvgIpc) is 2.05. The molecule has 0 aromatic heterocycles. The molecule has 0 N–H and O–H groups in total. The smallest absolute Gasteiger partial charge is 0.141 e. The number of Topliss-reactive ketones (excluding diaryl/α,β-unsaturated/α-hetero) is 1. The molecule has 0 atom stereocenters. The van der Waals surface area contributed by atoms with Gasteiger partial charge in [0.25, 0.3) is 0 Å². The molecule has 0 amide bonds. The maximum absolute atomic E-state index is 12.8. The van der Waals surface area contributed by atoms with Crippen molar-refractivity contribution in [2.45, 2.75) is 18.8 Å². The molecule has 0 unspecified atom stereocenters. The predicted octanol–water partition coefficient (Wildman–Crippen LogP) is 2.93. The average molecular weight is 199 g/mol. The van der Waals surface area contributed by atoms with Gasteiger partial charge in [0.1, 0.15) is 11.6 Å². The largest absolute Gasteiger partial charge is 0.300 e. The third-order valence-electron chi connectivity index (χ3n) is 2.36. The van der Waals surface area contributed by atoms with Crippen LogP contribution in [0.4, 0.5) is 4.39 Å². The zero-order valence-electron chi connectivity index (χ0n) is 6.89. The third kappa shape index (κ3) is 1.59. The minimum absolute atomic E-state index is 0.136. The maximum Gasteiger partial charge on any atom is 0.141 e. The molecule has 0 spiro atoms. The van der Waals surface area contributed by atoms with Gasteiger partial charge in [0.2, 0.25) is 0 Å². The Bertz CT molecular complexity index is 354. The van der Waals surface area contributed by atoms with Crippen molar-refractivity contribution in [3.8, 4) is 0 Å². The van der Waals surface area contributed by atoms with Gasteiger partial charge in [-0.15, -0.1) is 0 Å². The van der Waals surface area contributed by atoms with Gasteiger partial charge < -0.3 is 0 Å². The van der Waals surface area contributed by atoms with Crippen LogP contribution in [0.2, 0.25) is 5.02 Å². The molecule has 3 heteroatoms. The van der Waals surface area contributed by atoms with E-state index in [0.717, 1.165) is 5.56 Å². The molecule has 1 aliphatic rings. The topological polar surface area (TPSA) is 17.1 Å². The Morgan fingerprint density at radius 1 is 1.38 bits per heavy atom. The highest BCUT2D eigenvalue weighted by atomic mass is 35.5. The highest BCUT2D eigenvalue weighted by Gasteiger charge is 2.28. The summed E-state index contributed by atoms with van der Waals surface area (Å²) in [4.78, 5) is 10.7. The van der Waals surface area contributed by atoms with Gasteiger partial charge in [0.05, 0.1) is 5.02 Å². The van der Waals surface area contributed by atoms with Crippen LogP contribution in [0.25, 0.3) is 0 Å². The van der Waals surface area contributed by atoms with E-state index in [0.29, 0.717) is 12.8 Å². The van der Waals surface area contributed by atoms with E-state index >= 15 is 0 Å². The minimum Gasteiger partial charge on any atom is -0.300 e. The van der Waals surface area contributed by atoms with Crippen molar-refractivity contribution in [2.24, 2.45) is 0 Å². The van der Waals surface area contributed by atoms with Gasteiger partial charge in [-0.1, -0.05) is 17.7 Å². The summed E-state index contributed by atoms with van der Waals surface area (Å²) < 4.78 is 12.8. The molecule has 0 saturated heterocycles. The normalized spacial score (nSPS) is 17.2. The van der Waals surface area contributed by atoms with E-state index in [1.807, 2.05) is 0 Å². The molecule has 1 saturated carbocycles. The fourth-order valence-corrected chi connectivity index (χ4v) is 1.68. The van der Waals surface area contributed by atoms with E-state index < -0.39 is 5.82 Å². The molecule has 0 bridgehead atoms. The maximum atomic E-state index is 12.8. The van der Waals surface area contributed by atoms with Crippen molar-refractivity contribution < 1.29 is 9.18 Å². The number of rotatable bonds is 1. The Labute approximate surface area is 80.5 Å². The second-order valence-corrected chi connectivity index (χ2v) is 3.72. The van der Waals surface area contributed by atoms with Crippen molar-refractivity contribution in [3.05, 3.63) is 34.6 Å². The molecule has 2 rings (SSSR count). The minimum atomic E-state index is -0.406. The summed E-state index contributed by atoms with van der Waals surface area (Å²) in [6.45, 7) is 0. The fourth-order valence-electron chi connectivity index (χ4n) is 1.49. The molecule has 0 heterocycles. The summed E-state index contributed by atoms with van der Waals surface area (Å²) in [6, 6.07) is 4.65. The lowest BCUT2D eigenvalue weighted by Gasteiger charge is -2.24. The Hall–Kier alpha value is -0.890. The van der Waals surface area contributed by atoms with E-state index in [4.69, 9.17) is 11.6 Å². The summed E-state index contributed by atoms with van der Waals surface area (Å²) in [6.07, 6.45) is 1.14. The highest BCUT2D eigenvalue weighted by Crippen LogP contribution is 2.34. The number of hydrogen-bond acceptors (Lipinski definition) is 1. The van der Waals surface area contributed by atoms with Gasteiger partial charge in [-0.25, -0.2) is 4.39 Å². The first-order valence-electron chi connectivity index (χ1n) is 4.13. The summed E-state index contributed by atoms with van der Waals surface area (Å²) in [5.74, 6) is 0.118. The fraction of sp³-hybridized carbons (Fsp3) is 0.300. The van der Waals surface area contributed by atoms with Crippen LogP contribution in [0.1, 0.15) is 24.3 Å². The molecule has 1 aliphatic carbocycles. The summed E-state index contributed by atoms with van der Waals surface area (Å²) in [5.41, 5.74) is 0.964. The van der Waals surface area contributed by atoms with Gasteiger partial charge in [0.15, 0.2) is 0 Å². The van der Waals surface area contributed by atoms with E-state index in [9.17, 15) is 9.18 Å². The Balaban J connectivity index is 2.22. The van der Waals surface area contributed by atoms with Gasteiger partial charge in [-0.2, -0.15) is 0 Å². The molecule has 13 heavy (non-hydrogen) atoms. The van der Waals surface area contributed by atoms with E-state index in [-0.39, 0.29) is 16.7 Å². The van der Waals surface area contributed by atoms with Crippen LogP contribution in [0, 0.1) is 5.82 Å². The van der Waals surface area contributed by atoms with Gasteiger partial charge in [-0.05, 0) is 23.6 Å². The van der Waals surface area contributed by atoms with Crippen molar-refractivity contribution in [1.82, 2.24) is 0 Å². The second-order valence-electron chi connectivity index (χ2n) is 3.32. The monoisotopic (exact) mass is 198 g/mol. The molecular weight excluding hydrogens is 191 g/mol. The lowest BCUT2D eigenvalue weighted by molar-refractivity contribution is -0.124. The van der Waals surface area contributed by atoms with Crippen LogP contribution in [0.15, 0.2) is 18.2 Å². The number of halogens is 2. The van der Waals surface area contributed by atoms with Gasteiger partial charge in [0, 0.05) is 12.8 Å². The zero-order valence-corrected chi connectivity index (χ0v) is 7.64. The number of hydrogen-bond donors (Lipinski definition) is 0. The van der Waals surface area contributed by atoms with Crippen molar-refractivity contribution in [2.75, 3.05) is 0 Å². The Kier molecular flexibility index (Phi) is 2.08. The van der Waals surface area contributed by atoms with Crippen molar-refractivity contribution in [1.29, 1.82) is 0 Å². The van der Waals surface area contributed by atoms with Gasteiger partial charge >= 0.3 is 0 Å². The number of carbonyl (C=O) groups is 1. The zero-order chi connectivity index (χ0) is 9.42. The molecule has 1 fully saturated rings. The SMILES string of the molecule is O=C1CC(c2ccc(F)c(Cl)c2)C1. The van der Waals surface area contributed by atoms with E-state index in [2.05, 4.69) is 0 Å². The standard InChI is InChI=1S/C10H8ClFO/c11-9-5-6(1-2-10(9)12)7-3-8(13)4-7/h1-2,5,7H,3-4H2.